The second kappa shape index (κ2) is 6.59. The molecule has 0 saturated carbocycles. The highest BCUT2D eigenvalue weighted by Gasteiger charge is 2.03. The first-order chi connectivity index (χ1) is 7.77. The Bertz CT molecular complexity index is 378. The monoisotopic (exact) mass is 217 g/mol. The maximum absolute atomic E-state index is 11.6. The second-order valence-electron chi connectivity index (χ2n) is 3.44. The summed E-state index contributed by atoms with van der Waals surface area (Å²) < 4.78 is 0. The number of unbranched alkanes of at least 4 members (excludes halogenated alkanes) is 1. The summed E-state index contributed by atoms with van der Waals surface area (Å²) in [5.41, 5.74) is 6.48. The average molecular weight is 217 g/mol. The first kappa shape index (κ1) is 12.2. The summed E-state index contributed by atoms with van der Waals surface area (Å²) in [4.78, 5) is 11.6. The van der Waals surface area contributed by atoms with Crippen LogP contribution in [-0.4, -0.2) is 19.0 Å². The van der Waals surface area contributed by atoms with E-state index in [1.807, 2.05) is 6.07 Å². The van der Waals surface area contributed by atoms with Crippen molar-refractivity contribution in [3.63, 3.8) is 0 Å². The van der Waals surface area contributed by atoms with Crippen molar-refractivity contribution in [3.8, 4) is 6.07 Å². The van der Waals surface area contributed by atoms with Gasteiger partial charge >= 0.3 is 0 Å². The van der Waals surface area contributed by atoms with E-state index in [2.05, 4.69) is 5.32 Å². The van der Waals surface area contributed by atoms with Gasteiger partial charge in [-0.25, -0.2) is 0 Å². The van der Waals surface area contributed by atoms with Crippen LogP contribution in [0.3, 0.4) is 0 Å². The van der Waals surface area contributed by atoms with Gasteiger partial charge in [-0.3, -0.25) is 4.79 Å². The van der Waals surface area contributed by atoms with E-state index in [0.29, 0.717) is 24.2 Å². The number of amides is 1. The lowest BCUT2D eigenvalue weighted by Gasteiger charge is -2.04. The topological polar surface area (TPSA) is 78.9 Å². The number of carbonyl (C=O) groups excluding carboxylic acids is 1. The fraction of sp³-hybridized carbons (Fsp3) is 0.333. The molecule has 0 atom stereocenters. The Labute approximate surface area is 95.1 Å². The largest absolute Gasteiger partial charge is 0.352 e. The highest BCUT2D eigenvalue weighted by atomic mass is 16.1. The maximum Gasteiger partial charge on any atom is 0.251 e. The summed E-state index contributed by atoms with van der Waals surface area (Å²) in [6.45, 7) is 1.28. The quantitative estimate of drug-likeness (QED) is 0.723. The summed E-state index contributed by atoms with van der Waals surface area (Å²) in [6.07, 6.45) is 1.80. The molecule has 0 bridgehead atoms. The molecule has 3 N–H and O–H groups in total. The number of benzene rings is 1. The molecule has 0 saturated heterocycles. The third-order valence-electron chi connectivity index (χ3n) is 2.19. The van der Waals surface area contributed by atoms with Gasteiger partial charge in [0.2, 0.25) is 0 Å². The van der Waals surface area contributed by atoms with E-state index in [-0.39, 0.29) is 5.91 Å². The number of nitrogens with one attached hydrogen (secondary N) is 1. The summed E-state index contributed by atoms with van der Waals surface area (Å²) in [5, 5.41) is 11.4. The molecule has 0 radical (unpaired) electrons. The number of nitrogens with two attached hydrogens (primary N) is 1. The van der Waals surface area contributed by atoms with Crippen molar-refractivity contribution >= 4 is 5.91 Å². The second-order valence-corrected chi connectivity index (χ2v) is 3.44. The van der Waals surface area contributed by atoms with Crippen LogP contribution in [0.25, 0.3) is 0 Å². The van der Waals surface area contributed by atoms with Crippen LogP contribution in [0.5, 0.6) is 0 Å². The van der Waals surface area contributed by atoms with Gasteiger partial charge in [-0.05, 0) is 43.7 Å². The van der Waals surface area contributed by atoms with Crippen LogP contribution < -0.4 is 11.1 Å². The standard InChI is InChI=1S/C12H15N3O/c13-7-1-2-8-15-12(16)11-5-3-10(9-14)4-6-11/h3-6H,1-2,7-8,13H2,(H,15,16). The number of hydrogen-bond acceptors (Lipinski definition) is 3. The zero-order chi connectivity index (χ0) is 11.8. The highest BCUT2D eigenvalue weighted by molar-refractivity contribution is 5.94. The molecule has 84 valence electrons. The molecule has 0 spiro atoms. The summed E-state index contributed by atoms with van der Waals surface area (Å²) in [7, 11) is 0. The molecule has 0 aliphatic rings. The van der Waals surface area contributed by atoms with Crippen molar-refractivity contribution < 1.29 is 4.79 Å². The zero-order valence-electron chi connectivity index (χ0n) is 9.07. The molecule has 1 rings (SSSR count). The molecule has 1 aromatic carbocycles. The van der Waals surface area contributed by atoms with Crippen LogP contribution in [-0.2, 0) is 0 Å². The normalized spacial score (nSPS) is 9.50. The molecule has 0 heterocycles. The van der Waals surface area contributed by atoms with Crippen LogP contribution in [0.2, 0.25) is 0 Å². The van der Waals surface area contributed by atoms with Crippen molar-refractivity contribution in [3.05, 3.63) is 35.4 Å². The Morgan fingerprint density at radius 2 is 2.00 bits per heavy atom. The molecular formula is C12H15N3O. The van der Waals surface area contributed by atoms with Gasteiger partial charge in [0.05, 0.1) is 11.6 Å². The van der Waals surface area contributed by atoms with Crippen molar-refractivity contribution in [2.75, 3.05) is 13.1 Å². The lowest BCUT2D eigenvalue weighted by molar-refractivity contribution is 0.0953. The van der Waals surface area contributed by atoms with Gasteiger partial charge in [0.1, 0.15) is 0 Å². The van der Waals surface area contributed by atoms with Crippen molar-refractivity contribution in [2.24, 2.45) is 5.73 Å². The zero-order valence-corrected chi connectivity index (χ0v) is 9.07. The minimum Gasteiger partial charge on any atom is -0.352 e. The third kappa shape index (κ3) is 3.71. The molecule has 16 heavy (non-hydrogen) atoms. The van der Waals surface area contributed by atoms with Gasteiger partial charge in [0.15, 0.2) is 0 Å². The molecule has 0 aromatic heterocycles. The van der Waals surface area contributed by atoms with E-state index in [0.717, 1.165) is 12.8 Å². The van der Waals surface area contributed by atoms with Gasteiger partial charge in [-0.2, -0.15) is 5.26 Å². The SMILES string of the molecule is N#Cc1ccc(C(=O)NCCCCN)cc1. The van der Waals surface area contributed by atoms with Crippen molar-refractivity contribution in [1.82, 2.24) is 5.32 Å². The molecule has 1 aromatic rings. The Kier molecular flexibility index (Phi) is 5.03. The van der Waals surface area contributed by atoms with Crippen LogP contribution in [0.1, 0.15) is 28.8 Å². The molecule has 4 nitrogen and oxygen atoms in total. The van der Waals surface area contributed by atoms with Crippen LogP contribution in [0, 0.1) is 11.3 Å². The Hall–Kier alpha value is -1.86. The predicted molar refractivity (Wildman–Crippen MR) is 61.8 cm³/mol. The van der Waals surface area contributed by atoms with Gasteiger partial charge in [-0.1, -0.05) is 0 Å². The third-order valence-corrected chi connectivity index (χ3v) is 2.19. The molecule has 1 amide bonds. The number of carbonyl (C=O) groups is 1. The molecular weight excluding hydrogens is 202 g/mol. The average Bonchev–Trinajstić information content (AvgIpc) is 2.34. The fourth-order valence-electron chi connectivity index (χ4n) is 1.27. The smallest absolute Gasteiger partial charge is 0.251 e. The van der Waals surface area contributed by atoms with E-state index in [9.17, 15) is 4.79 Å². The molecule has 0 aliphatic heterocycles. The molecule has 4 heteroatoms. The minimum atomic E-state index is -0.110. The number of nitriles is 1. The maximum atomic E-state index is 11.6. The van der Waals surface area contributed by atoms with E-state index in [1.54, 1.807) is 24.3 Å². The van der Waals surface area contributed by atoms with E-state index < -0.39 is 0 Å². The van der Waals surface area contributed by atoms with E-state index >= 15 is 0 Å². The summed E-state index contributed by atoms with van der Waals surface area (Å²) in [5.74, 6) is -0.110. The predicted octanol–water partition coefficient (Wildman–Crippen LogP) is 1.03. The number of hydrogen-bond donors (Lipinski definition) is 2. The Balaban J connectivity index is 2.44. The minimum absolute atomic E-state index is 0.110. The summed E-state index contributed by atoms with van der Waals surface area (Å²) in [6, 6.07) is 8.57. The van der Waals surface area contributed by atoms with Gasteiger partial charge in [0.25, 0.3) is 5.91 Å². The van der Waals surface area contributed by atoms with Crippen molar-refractivity contribution in [1.29, 1.82) is 5.26 Å². The highest BCUT2D eigenvalue weighted by Crippen LogP contribution is 2.03. The van der Waals surface area contributed by atoms with Gasteiger partial charge in [-0.15, -0.1) is 0 Å². The lowest BCUT2D eigenvalue weighted by Crippen LogP contribution is -2.24. The Morgan fingerprint density at radius 3 is 2.56 bits per heavy atom. The Morgan fingerprint density at radius 1 is 1.31 bits per heavy atom. The molecule has 0 aliphatic carbocycles. The van der Waals surface area contributed by atoms with Gasteiger partial charge < -0.3 is 11.1 Å². The summed E-state index contributed by atoms with van der Waals surface area (Å²) >= 11 is 0. The van der Waals surface area contributed by atoms with Crippen LogP contribution in [0.15, 0.2) is 24.3 Å². The van der Waals surface area contributed by atoms with Crippen molar-refractivity contribution in [2.45, 2.75) is 12.8 Å². The van der Waals surface area contributed by atoms with Crippen LogP contribution in [0.4, 0.5) is 0 Å². The van der Waals surface area contributed by atoms with Gasteiger partial charge in [0, 0.05) is 12.1 Å². The number of nitrogens with zero attached hydrogens (tertiary/aromatic N) is 1. The van der Waals surface area contributed by atoms with Crippen LogP contribution >= 0.6 is 0 Å². The first-order valence-corrected chi connectivity index (χ1v) is 5.26. The fourth-order valence-corrected chi connectivity index (χ4v) is 1.27. The molecule has 0 unspecified atom stereocenters. The van der Waals surface area contributed by atoms with E-state index in [1.165, 1.54) is 0 Å². The van der Waals surface area contributed by atoms with E-state index in [4.69, 9.17) is 11.0 Å². The first-order valence-electron chi connectivity index (χ1n) is 5.26. The molecule has 0 fully saturated rings. The number of rotatable bonds is 5. The lowest BCUT2D eigenvalue weighted by atomic mass is 10.1.